The number of carboxylic acid groups (broad SMARTS) is 1. The number of carbonyl (C=O) groups is 2. The summed E-state index contributed by atoms with van der Waals surface area (Å²) < 4.78 is 22.2. The Kier molecular flexibility index (Phi) is 17.4. The van der Waals surface area contributed by atoms with Gasteiger partial charge < -0.3 is 19.7 Å². The number of carboxylic acids is 1. The van der Waals surface area contributed by atoms with Gasteiger partial charge in [-0.25, -0.2) is 9.37 Å². The number of imidazole rings is 1. The number of unbranched alkanes of at least 4 members (excludes halogenated alkanes) is 11. The first kappa shape index (κ1) is 41.1. The highest BCUT2D eigenvalue weighted by atomic mass is 19.1. The molecule has 1 amide bonds. The maximum absolute atomic E-state index is 14.4. The highest BCUT2D eigenvalue weighted by molar-refractivity contribution is 5.99. The van der Waals surface area contributed by atoms with Crippen molar-refractivity contribution in [2.45, 2.75) is 109 Å². The Morgan fingerprint density at radius 1 is 0.906 bits per heavy atom. The maximum Gasteiger partial charge on any atom is 0.303 e. The molecule has 3 heterocycles. The molecule has 4 rings (SSSR count). The number of hydrogen-bond acceptors (Lipinski definition) is 6. The van der Waals surface area contributed by atoms with Crippen molar-refractivity contribution in [3.05, 3.63) is 105 Å². The normalized spacial score (nSPS) is 11.5. The van der Waals surface area contributed by atoms with E-state index in [4.69, 9.17) is 14.8 Å². The lowest BCUT2D eigenvalue weighted by atomic mass is 9.97. The van der Waals surface area contributed by atoms with E-state index >= 15 is 0 Å². The smallest absolute Gasteiger partial charge is 0.303 e. The fourth-order valence-corrected chi connectivity index (χ4v) is 6.61. The second-order valence-corrected chi connectivity index (χ2v) is 13.8. The van der Waals surface area contributed by atoms with Gasteiger partial charge in [-0.2, -0.15) is 0 Å². The van der Waals surface area contributed by atoms with Crippen LogP contribution in [-0.4, -0.2) is 56.3 Å². The molecule has 0 radical (unpaired) electrons. The summed E-state index contributed by atoms with van der Waals surface area (Å²) >= 11 is 0. The van der Waals surface area contributed by atoms with Gasteiger partial charge in [0.1, 0.15) is 17.2 Å². The Bertz CT molecular complexity index is 1830. The molecule has 0 unspecified atom stereocenters. The first-order valence-corrected chi connectivity index (χ1v) is 19.2. The Morgan fingerprint density at radius 2 is 1.57 bits per heavy atom. The van der Waals surface area contributed by atoms with Crippen LogP contribution in [0, 0.1) is 5.82 Å². The van der Waals surface area contributed by atoms with E-state index in [-0.39, 0.29) is 36.5 Å². The summed E-state index contributed by atoms with van der Waals surface area (Å²) in [5, 5.41) is 11.6. The molecule has 11 heteroatoms. The van der Waals surface area contributed by atoms with Gasteiger partial charge in [0.15, 0.2) is 0 Å². The number of amides is 1. The number of halogens is 1. The Labute approximate surface area is 312 Å². The van der Waals surface area contributed by atoms with Crippen molar-refractivity contribution >= 4 is 22.9 Å². The van der Waals surface area contributed by atoms with E-state index in [1.54, 1.807) is 36.2 Å². The van der Waals surface area contributed by atoms with E-state index in [1.165, 1.54) is 12.1 Å². The number of aromatic nitrogens is 4. The van der Waals surface area contributed by atoms with Gasteiger partial charge in [0.2, 0.25) is 0 Å². The number of pyridine rings is 2. The van der Waals surface area contributed by atoms with Crippen LogP contribution in [0.2, 0.25) is 0 Å². The minimum atomic E-state index is -0.707. The average Bonchev–Trinajstić information content (AvgIpc) is 3.55. The van der Waals surface area contributed by atoms with Crippen molar-refractivity contribution in [2.75, 3.05) is 20.3 Å². The van der Waals surface area contributed by atoms with Gasteiger partial charge in [-0.3, -0.25) is 23.9 Å². The quantitative estimate of drug-likeness (QED) is 0.0524. The molecule has 10 nitrogen and oxygen atoms in total. The van der Waals surface area contributed by atoms with Crippen molar-refractivity contribution in [3.8, 4) is 0 Å². The fourth-order valence-electron chi connectivity index (χ4n) is 6.61. The Hall–Kier alpha value is -4.64. The molecule has 0 aliphatic heterocycles. The van der Waals surface area contributed by atoms with Crippen molar-refractivity contribution < 1.29 is 23.8 Å². The highest BCUT2D eigenvalue weighted by Gasteiger charge is 2.24. The number of ether oxygens (including phenoxy) is 1. The van der Waals surface area contributed by atoms with Crippen molar-refractivity contribution in [2.24, 2.45) is 7.05 Å². The molecular weight excluding hydrogens is 673 g/mol. The molecule has 0 aliphatic rings. The number of rotatable bonds is 25. The third-order valence-corrected chi connectivity index (χ3v) is 9.60. The van der Waals surface area contributed by atoms with Crippen LogP contribution in [0.4, 0.5) is 4.39 Å². The zero-order chi connectivity index (χ0) is 37.8. The van der Waals surface area contributed by atoms with Crippen LogP contribution in [0.1, 0.15) is 123 Å². The highest BCUT2D eigenvalue weighted by Crippen LogP contribution is 2.24. The number of nitrogens with zero attached hydrogens (tertiary/aromatic N) is 4. The van der Waals surface area contributed by atoms with Gasteiger partial charge in [-0.15, -0.1) is 0 Å². The Morgan fingerprint density at radius 3 is 2.21 bits per heavy atom. The number of methoxy groups -OCH3 is 1. The topological polar surface area (TPSA) is 128 Å². The van der Waals surface area contributed by atoms with E-state index in [0.29, 0.717) is 41.9 Å². The molecule has 3 aromatic heterocycles. The number of aliphatic carboxylic acids is 1. The molecule has 4 aromatic rings. The Balaban J connectivity index is 1.41. The second-order valence-electron chi connectivity index (χ2n) is 13.8. The van der Waals surface area contributed by atoms with Gasteiger partial charge in [0.25, 0.3) is 11.5 Å². The van der Waals surface area contributed by atoms with Crippen molar-refractivity contribution in [3.63, 3.8) is 0 Å². The maximum atomic E-state index is 14.4. The third-order valence-electron chi connectivity index (χ3n) is 9.60. The molecule has 0 aliphatic carbocycles. The summed E-state index contributed by atoms with van der Waals surface area (Å²) in [7, 11) is 3.44. The molecule has 53 heavy (non-hydrogen) atoms. The summed E-state index contributed by atoms with van der Waals surface area (Å²) in [5.41, 5.74) is 3.47. The standard InChI is InChI=1S/C42H56FN5O5/c1-47-26-24-44-37(47)31-48-36-29-33(28-32-20-22-34(43)23-21-32)30-46-40(36)35(39(42(48)52)41(51)45-25-27-53-2)18-16-14-12-10-8-6-4-3-5-7-9-11-13-15-17-19-38(49)50/h3,5,20-24,26,29-30H,4,6-19,25,27-28,31H2,1-2H3,(H,45,51)(H,49,50)/b5-3-. The first-order chi connectivity index (χ1) is 25.8. The SMILES string of the molecule is COCCNC(=O)c1c(CCCCCCCC/C=C\CCCCCCCC(=O)O)c2ncc(Cc3ccc(F)cc3)cc2n(Cc2nccn2C)c1=O. The molecule has 1 aromatic carbocycles. The molecule has 0 atom stereocenters. The fraction of sp³-hybridized carbons (Fsp3) is 0.500. The largest absolute Gasteiger partial charge is 0.481 e. The summed E-state index contributed by atoms with van der Waals surface area (Å²) in [4.78, 5) is 48.0. The summed E-state index contributed by atoms with van der Waals surface area (Å²) in [6.45, 7) is 0.778. The molecule has 0 fully saturated rings. The lowest BCUT2D eigenvalue weighted by Gasteiger charge is -2.18. The van der Waals surface area contributed by atoms with Crippen LogP contribution in [0.5, 0.6) is 0 Å². The van der Waals surface area contributed by atoms with E-state index in [2.05, 4.69) is 22.5 Å². The van der Waals surface area contributed by atoms with Crippen molar-refractivity contribution in [1.29, 1.82) is 0 Å². The number of hydrogen-bond donors (Lipinski definition) is 2. The van der Waals surface area contributed by atoms with E-state index in [9.17, 15) is 18.8 Å². The van der Waals surface area contributed by atoms with Gasteiger partial charge in [0, 0.05) is 45.7 Å². The predicted octanol–water partition coefficient (Wildman–Crippen LogP) is 7.93. The molecule has 286 valence electrons. The minimum Gasteiger partial charge on any atom is -0.481 e. The van der Waals surface area contributed by atoms with E-state index in [0.717, 1.165) is 94.6 Å². The zero-order valence-corrected chi connectivity index (χ0v) is 31.5. The summed E-state index contributed by atoms with van der Waals surface area (Å²) in [5.74, 6) is -0.762. The number of carbonyl (C=O) groups excluding carboxylic acids is 1. The number of allylic oxidation sites excluding steroid dienone is 2. The predicted molar refractivity (Wildman–Crippen MR) is 207 cm³/mol. The van der Waals surface area contributed by atoms with Gasteiger partial charge >= 0.3 is 5.97 Å². The molecule has 0 saturated carbocycles. The number of benzene rings is 1. The van der Waals surface area contributed by atoms with Crippen LogP contribution in [0.3, 0.4) is 0 Å². The monoisotopic (exact) mass is 729 g/mol. The molecular formula is C42H56FN5O5. The minimum absolute atomic E-state index is 0.117. The number of fused-ring (bicyclic) bond motifs is 1. The van der Waals surface area contributed by atoms with Crippen LogP contribution in [0.15, 0.2) is 65.9 Å². The van der Waals surface area contributed by atoms with E-state index in [1.807, 2.05) is 23.9 Å². The average molecular weight is 730 g/mol. The van der Waals surface area contributed by atoms with Gasteiger partial charge in [-0.1, -0.05) is 69.2 Å². The second kappa shape index (κ2) is 22.4. The first-order valence-electron chi connectivity index (χ1n) is 19.2. The van der Waals surface area contributed by atoms with Crippen LogP contribution in [-0.2, 0) is 36.0 Å². The number of aryl methyl sites for hydroxylation is 2. The third kappa shape index (κ3) is 13.4. The molecule has 2 N–H and O–H groups in total. The van der Waals surface area contributed by atoms with Crippen LogP contribution < -0.4 is 10.9 Å². The molecule has 0 bridgehead atoms. The molecule has 0 spiro atoms. The lowest BCUT2D eigenvalue weighted by Crippen LogP contribution is -2.37. The molecule has 0 saturated heterocycles. The number of nitrogens with one attached hydrogen (secondary N) is 1. The van der Waals surface area contributed by atoms with Gasteiger partial charge in [0.05, 0.1) is 24.2 Å². The van der Waals surface area contributed by atoms with Crippen LogP contribution >= 0.6 is 0 Å². The van der Waals surface area contributed by atoms with Crippen LogP contribution in [0.25, 0.3) is 11.0 Å². The van der Waals surface area contributed by atoms with E-state index < -0.39 is 11.9 Å². The summed E-state index contributed by atoms with van der Waals surface area (Å²) in [6, 6.07) is 8.33. The summed E-state index contributed by atoms with van der Waals surface area (Å²) in [6.07, 6.45) is 24.8. The lowest BCUT2D eigenvalue weighted by molar-refractivity contribution is -0.137. The van der Waals surface area contributed by atoms with Gasteiger partial charge in [-0.05, 0) is 86.3 Å². The zero-order valence-electron chi connectivity index (χ0n) is 31.5. The van der Waals surface area contributed by atoms with Crippen molar-refractivity contribution in [1.82, 2.24) is 24.4 Å².